The Hall–Kier alpha value is -2.10. The molecule has 4 heteroatoms. The first-order chi connectivity index (χ1) is 8.89. The van der Waals surface area contributed by atoms with Crippen molar-refractivity contribution in [2.45, 2.75) is 26.3 Å². The second-order valence-electron chi connectivity index (χ2n) is 4.69. The molecule has 19 heavy (non-hydrogen) atoms. The summed E-state index contributed by atoms with van der Waals surface area (Å²) in [4.78, 5) is 24.6. The maximum atomic E-state index is 12.1. The zero-order chi connectivity index (χ0) is 14.5. The molecule has 0 aliphatic carbocycles. The summed E-state index contributed by atoms with van der Waals surface area (Å²) in [6.07, 6.45) is 3.09. The van der Waals surface area contributed by atoms with Gasteiger partial charge in [0, 0.05) is 12.6 Å². The molecule has 0 heterocycles. The molecule has 0 aliphatic rings. The van der Waals surface area contributed by atoms with Gasteiger partial charge in [0.25, 0.3) is 0 Å². The molecule has 1 rings (SSSR count). The van der Waals surface area contributed by atoms with Gasteiger partial charge < -0.3 is 10.0 Å². The highest BCUT2D eigenvalue weighted by Gasteiger charge is 2.35. The van der Waals surface area contributed by atoms with Gasteiger partial charge >= 0.3 is 5.97 Å². The number of aliphatic carboxylic acids is 1. The third kappa shape index (κ3) is 3.68. The third-order valence-corrected chi connectivity index (χ3v) is 3.00. The average molecular weight is 261 g/mol. The normalized spacial score (nSPS) is 11.5. The lowest BCUT2D eigenvalue weighted by Gasteiger charge is -2.33. The number of benzene rings is 1. The zero-order valence-corrected chi connectivity index (χ0v) is 11.5. The summed E-state index contributed by atoms with van der Waals surface area (Å²) in [6.45, 7) is 5.15. The molecule has 0 unspecified atom stereocenters. The minimum absolute atomic E-state index is 0.307. The van der Waals surface area contributed by atoms with Crippen molar-refractivity contribution in [2.24, 2.45) is 0 Å². The molecule has 0 aliphatic heterocycles. The van der Waals surface area contributed by atoms with Crippen LogP contribution in [0.15, 0.2) is 36.4 Å². The van der Waals surface area contributed by atoms with E-state index >= 15 is 0 Å². The smallest absolute Gasteiger partial charge is 0.329 e. The molecule has 0 saturated carbocycles. The highest BCUT2D eigenvalue weighted by atomic mass is 16.4. The van der Waals surface area contributed by atoms with Gasteiger partial charge in [-0.25, -0.2) is 4.79 Å². The van der Waals surface area contributed by atoms with Crippen LogP contribution in [0.5, 0.6) is 0 Å². The fraction of sp³-hybridized carbons (Fsp3) is 0.333. The molecular formula is C15H19NO3. The fourth-order valence-corrected chi connectivity index (χ4v) is 1.76. The van der Waals surface area contributed by atoms with E-state index in [4.69, 9.17) is 5.11 Å². The molecule has 0 bridgehead atoms. The van der Waals surface area contributed by atoms with Crippen molar-refractivity contribution in [3.05, 3.63) is 42.0 Å². The standard InChI is InChI=1S/C15H19NO3/c1-4-16(15(2,3)14(18)19)13(17)11-10-12-8-6-5-7-9-12/h5-11H,4H2,1-3H3,(H,18,19). The summed E-state index contributed by atoms with van der Waals surface area (Å²) < 4.78 is 0. The predicted octanol–water partition coefficient (Wildman–Crippen LogP) is 2.41. The Kier molecular flexibility index (Phi) is 4.87. The van der Waals surface area contributed by atoms with E-state index in [-0.39, 0.29) is 5.91 Å². The first-order valence-corrected chi connectivity index (χ1v) is 6.17. The maximum absolute atomic E-state index is 12.1. The van der Waals surface area contributed by atoms with Gasteiger partial charge in [-0.05, 0) is 32.4 Å². The molecule has 0 spiro atoms. The van der Waals surface area contributed by atoms with Crippen LogP contribution >= 0.6 is 0 Å². The van der Waals surface area contributed by atoms with E-state index in [2.05, 4.69) is 0 Å². The second kappa shape index (κ2) is 6.18. The van der Waals surface area contributed by atoms with Gasteiger partial charge in [0.15, 0.2) is 0 Å². The van der Waals surface area contributed by atoms with E-state index in [0.717, 1.165) is 5.56 Å². The van der Waals surface area contributed by atoms with Crippen molar-refractivity contribution in [1.29, 1.82) is 0 Å². The van der Waals surface area contributed by atoms with Crippen LogP contribution in [0.2, 0.25) is 0 Å². The van der Waals surface area contributed by atoms with Gasteiger partial charge in [-0.15, -0.1) is 0 Å². The Morgan fingerprint density at radius 2 is 1.84 bits per heavy atom. The first kappa shape index (κ1) is 15.0. The topological polar surface area (TPSA) is 57.6 Å². The van der Waals surface area contributed by atoms with Gasteiger partial charge in [0.05, 0.1) is 0 Å². The number of carbonyl (C=O) groups is 2. The maximum Gasteiger partial charge on any atom is 0.329 e. The van der Waals surface area contributed by atoms with Crippen LogP contribution in [0.25, 0.3) is 6.08 Å². The highest BCUT2D eigenvalue weighted by Crippen LogP contribution is 2.15. The number of carboxylic acid groups (broad SMARTS) is 1. The third-order valence-electron chi connectivity index (χ3n) is 3.00. The van der Waals surface area contributed by atoms with Gasteiger partial charge in [-0.2, -0.15) is 0 Å². The summed E-state index contributed by atoms with van der Waals surface area (Å²) in [5.41, 5.74) is -0.313. The highest BCUT2D eigenvalue weighted by molar-refractivity contribution is 5.95. The zero-order valence-electron chi connectivity index (χ0n) is 11.5. The van der Waals surface area contributed by atoms with Crippen LogP contribution in [0, 0.1) is 0 Å². The van der Waals surface area contributed by atoms with Crippen molar-refractivity contribution in [3.8, 4) is 0 Å². The van der Waals surface area contributed by atoms with Crippen molar-refractivity contribution in [1.82, 2.24) is 4.90 Å². The molecule has 1 aromatic rings. The summed E-state index contributed by atoms with van der Waals surface area (Å²) >= 11 is 0. The van der Waals surface area contributed by atoms with Crippen molar-refractivity contribution in [2.75, 3.05) is 6.54 Å². The van der Waals surface area contributed by atoms with E-state index in [1.807, 2.05) is 30.3 Å². The van der Waals surface area contributed by atoms with Gasteiger partial charge in [-0.1, -0.05) is 30.3 Å². The van der Waals surface area contributed by atoms with Crippen LogP contribution in [-0.4, -0.2) is 34.0 Å². The minimum atomic E-state index is -1.22. The lowest BCUT2D eigenvalue weighted by Crippen LogP contribution is -2.52. The fourth-order valence-electron chi connectivity index (χ4n) is 1.76. The number of hydrogen-bond acceptors (Lipinski definition) is 2. The largest absolute Gasteiger partial charge is 0.480 e. The molecule has 1 N–H and O–H groups in total. The quantitative estimate of drug-likeness (QED) is 0.828. The number of rotatable bonds is 5. The van der Waals surface area contributed by atoms with Crippen LogP contribution < -0.4 is 0 Å². The molecule has 0 atom stereocenters. The lowest BCUT2D eigenvalue weighted by atomic mass is 10.0. The number of hydrogen-bond donors (Lipinski definition) is 1. The van der Waals surface area contributed by atoms with Crippen LogP contribution in [0.4, 0.5) is 0 Å². The van der Waals surface area contributed by atoms with E-state index < -0.39 is 11.5 Å². The van der Waals surface area contributed by atoms with Gasteiger partial charge in [0.1, 0.15) is 5.54 Å². The average Bonchev–Trinajstić information content (AvgIpc) is 2.38. The van der Waals surface area contributed by atoms with Crippen molar-refractivity contribution < 1.29 is 14.7 Å². The molecular weight excluding hydrogens is 242 g/mol. The van der Waals surface area contributed by atoms with E-state index in [1.165, 1.54) is 24.8 Å². The Morgan fingerprint density at radius 1 is 1.26 bits per heavy atom. The summed E-state index contributed by atoms with van der Waals surface area (Å²) in [6, 6.07) is 9.40. The Balaban J connectivity index is 2.87. The Bertz CT molecular complexity index is 477. The van der Waals surface area contributed by atoms with Gasteiger partial charge in [-0.3, -0.25) is 4.79 Å². The number of amides is 1. The Morgan fingerprint density at radius 3 is 2.32 bits per heavy atom. The molecule has 1 amide bonds. The first-order valence-electron chi connectivity index (χ1n) is 6.17. The van der Waals surface area contributed by atoms with Crippen molar-refractivity contribution in [3.63, 3.8) is 0 Å². The van der Waals surface area contributed by atoms with E-state index in [9.17, 15) is 9.59 Å². The predicted molar refractivity (Wildman–Crippen MR) is 74.6 cm³/mol. The van der Waals surface area contributed by atoms with E-state index in [1.54, 1.807) is 13.0 Å². The van der Waals surface area contributed by atoms with Crippen molar-refractivity contribution >= 4 is 18.0 Å². The molecule has 4 nitrogen and oxygen atoms in total. The molecule has 102 valence electrons. The number of nitrogens with zero attached hydrogens (tertiary/aromatic N) is 1. The molecule has 0 radical (unpaired) electrons. The van der Waals surface area contributed by atoms with Crippen LogP contribution in [0.1, 0.15) is 26.3 Å². The van der Waals surface area contributed by atoms with Crippen LogP contribution in [-0.2, 0) is 9.59 Å². The summed E-state index contributed by atoms with van der Waals surface area (Å²) in [7, 11) is 0. The van der Waals surface area contributed by atoms with Crippen LogP contribution in [0.3, 0.4) is 0 Å². The second-order valence-corrected chi connectivity index (χ2v) is 4.69. The number of likely N-dealkylation sites (N-methyl/N-ethyl adjacent to an activating group) is 1. The number of carbonyl (C=O) groups excluding carboxylic acids is 1. The monoisotopic (exact) mass is 261 g/mol. The summed E-state index contributed by atoms with van der Waals surface area (Å²) in [5.74, 6) is -1.32. The van der Waals surface area contributed by atoms with E-state index in [0.29, 0.717) is 6.54 Å². The minimum Gasteiger partial charge on any atom is -0.480 e. The SMILES string of the molecule is CCN(C(=O)C=Cc1ccccc1)C(C)(C)C(=O)O. The Labute approximate surface area is 113 Å². The molecule has 0 aromatic heterocycles. The van der Waals surface area contributed by atoms with Gasteiger partial charge in [0.2, 0.25) is 5.91 Å². The molecule has 1 aromatic carbocycles. The number of carboxylic acids is 1. The summed E-state index contributed by atoms with van der Waals surface area (Å²) in [5, 5.41) is 9.16. The lowest BCUT2D eigenvalue weighted by molar-refractivity contribution is -0.154. The molecule has 0 fully saturated rings. The molecule has 0 saturated heterocycles.